The number of carbonyl (C=O) groups is 3. The van der Waals surface area contributed by atoms with Gasteiger partial charge in [0.15, 0.2) is 0 Å². The number of hydrogen-bond donors (Lipinski definition) is 3. The highest BCUT2D eigenvalue weighted by molar-refractivity contribution is 5.78. The van der Waals surface area contributed by atoms with Gasteiger partial charge in [0, 0.05) is 6.42 Å². The highest BCUT2D eigenvalue weighted by Gasteiger charge is 2.24. The summed E-state index contributed by atoms with van der Waals surface area (Å²) >= 11 is 0. The van der Waals surface area contributed by atoms with Crippen LogP contribution in [-0.2, 0) is 23.9 Å². The van der Waals surface area contributed by atoms with Crippen LogP contribution >= 0.6 is 0 Å². The minimum Gasteiger partial charge on any atom is -0.463 e. The molecule has 246 valence electrons. The highest BCUT2D eigenvalue weighted by atomic mass is 16.6. The predicted octanol–water partition coefficient (Wildman–Crippen LogP) is 7.09. The molecule has 0 rings (SSSR count). The topological polar surface area (TPSA) is 122 Å². The molecule has 0 spiro atoms. The van der Waals surface area contributed by atoms with Gasteiger partial charge in [0.1, 0.15) is 12.2 Å². The number of aliphatic hydroxyl groups is 2. The van der Waals surface area contributed by atoms with Crippen LogP contribution in [0.25, 0.3) is 0 Å². The second-order valence-corrected chi connectivity index (χ2v) is 12.2. The van der Waals surface area contributed by atoms with Gasteiger partial charge in [-0.3, -0.25) is 14.4 Å². The smallest absolute Gasteiger partial charge is 0.306 e. The van der Waals surface area contributed by atoms with Crippen molar-refractivity contribution in [1.82, 2.24) is 5.32 Å². The number of allylic oxidation sites excluding steroid dienone is 1. The zero-order valence-corrected chi connectivity index (χ0v) is 27.3. The molecule has 0 aliphatic rings. The molecule has 0 radical (unpaired) electrons. The van der Waals surface area contributed by atoms with E-state index in [1.54, 1.807) is 19.9 Å². The molecule has 0 saturated carbocycles. The van der Waals surface area contributed by atoms with Crippen LogP contribution in [0.2, 0.25) is 0 Å². The first-order valence-electron chi connectivity index (χ1n) is 16.8. The van der Waals surface area contributed by atoms with Crippen LogP contribution < -0.4 is 5.32 Å². The van der Waals surface area contributed by atoms with Crippen LogP contribution in [0.15, 0.2) is 12.2 Å². The predicted molar refractivity (Wildman–Crippen MR) is 169 cm³/mol. The molecule has 0 saturated heterocycles. The number of carbonyl (C=O) groups excluding carboxylic acids is 3. The molecule has 0 heterocycles. The molecule has 2 atom stereocenters. The van der Waals surface area contributed by atoms with Gasteiger partial charge in [-0.15, -0.1) is 0 Å². The Balaban J connectivity index is 4.56. The summed E-state index contributed by atoms with van der Waals surface area (Å²) in [6.07, 6.45) is 22.6. The molecule has 0 unspecified atom stereocenters. The fourth-order valence-corrected chi connectivity index (χ4v) is 4.54. The third-order valence-electron chi connectivity index (χ3n) is 7.30. The Hall–Kier alpha value is -1.93. The van der Waals surface area contributed by atoms with Gasteiger partial charge in [-0.05, 0) is 33.1 Å². The number of ether oxygens (including phenoxy) is 2. The van der Waals surface area contributed by atoms with Crippen LogP contribution in [0.5, 0.6) is 0 Å². The van der Waals surface area contributed by atoms with Gasteiger partial charge in [-0.2, -0.15) is 0 Å². The van der Waals surface area contributed by atoms with E-state index in [2.05, 4.69) is 19.2 Å². The Kier molecular flexibility index (Phi) is 25.5. The van der Waals surface area contributed by atoms with Gasteiger partial charge < -0.3 is 25.0 Å². The molecule has 0 fully saturated rings. The molecule has 42 heavy (non-hydrogen) atoms. The van der Waals surface area contributed by atoms with E-state index in [4.69, 9.17) is 9.47 Å². The average molecular weight is 598 g/mol. The summed E-state index contributed by atoms with van der Waals surface area (Å²) < 4.78 is 10.4. The lowest BCUT2D eigenvalue weighted by molar-refractivity contribution is -0.162. The first kappa shape index (κ1) is 40.1. The van der Waals surface area contributed by atoms with E-state index in [9.17, 15) is 24.6 Å². The third-order valence-corrected chi connectivity index (χ3v) is 7.30. The summed E-state index contributed by atoms with van der Waals surface area (Å²) in [5.41, 5.74) is -1.02. The van der Waals surface area contributed by atoms with Crippen molar-refractivity contribution >= 4 is 17.8 Å². The van der Waals surface area contributed by atoms with Crippen molar-refractivity contribution in [3.63, 3.8) is 0 Å². The molecule has 0 aliphatic carbocycles. The molecular weight excluding hydrogens is 534 g/mol. The molecule has 8 heteroatoms. The maximum absolute atomic E-state index is 12.5. The number of unbranched alkanes of at least 4 members (excludes halogenated alkanes) is 15. The normalized spacial score (nSPS) is 13.2. The monoisotopic (exact) mass is 597 g/mol. The van der Waals surface area contributed by atoms with Crippen LogP contribution in [0.4, 0.5) is 0 Å². The van der Waals surface area contributed by atoms with E-state index in [-0.39, 0.29) is 32.0 Å². The molecule has 3 N–H and O–H groups in total. The van der Waals surface area contributed by atoms with Crippen LogP contribution in [-0.4, -0.2) is 59.0 Å². The fraction of sp³-hybridized carbons (Fsp3) is 0.853. The van der Waals surface area contributed by atoms with Crippen molar-refractivity contribution < 1.29 is 34.1 Å². The van der Waals surface area contributed by atoms with Crippen molar-refractivity contribution in [2.45, 2.75) is 174 Å². The van der Waals surface area contributed by atoms with Crippen LogP contribution in [0, 0.1) is 0 Å². The molecule has 0 aromatic heterocycles. The Morgan fingerprint density at radius 3 is 1.79 bits per heavy atom. The standard InChI is InChI=1S/C34H63NO7/c1-5-7-9-11-12-13-14-15-16-17-18-20-21-23-30(37)29(35-31(38)24-22-19-10-8-6-2)27-41-32(39)25-26-33(40)42-34(3,4)28-36/h21,23,29-30,36-37H,5-20,22,24-28H2,1-4H3,(H,35,38)/b23-21+/t29-,30+/m0/s1. The lowest BCUT2D eigenvalue weighted by Crippen LogP contribution is -2.46. The number of esters is 2. The van der Waals surface area contributed by atoms with E-state index < -0.39 is 29.7 Å². The molecular formula is C34H63NO7. The van der Waals surface area contributed by atoms with Crippen molar-refractivity contribution in [3.05, 3.63) is 12.2 Å². The summed E-state index contributed by atoms with van der Waals surface area (Å²) in [4.78, 5) is 36.7. The van der Waals surface area contributed by atoms with Crippen LogP contribution in [0.3, 0.4) is 0 Å². The molecule has 8 nitrogen and oxygen atoms in total. The first-order chi connectivity index (χ1) is 20.1. The SMILES string of the molecule is CCCCCCCCCCCCC/C=C/[C@@H](O)[C@H](COC(=O)CCC(=O)OC(C)(C)CO)NC(=O)CCCCCCC. The minimum atomic E-state index is -1.02. The van der Waals surface area contributed by atoms with E-state index in [0.717, 1.165) is 51.4 Å². The zero-order chi connectivity index (χ0) is 31.5. The van der Waals surface area contributed by atoms with Gasteiger partial charge in [0.25, 0.3) is 0 Å². The van der Waals surface area contributed by atoms with Crippen molar-refractivity contribution in [2.75, 3.05) is 13.2 Å². The van der Waals surface area contributed by atoms with E-state index in [1.165, 1.54) is 57.8 Å². The summed E-state index contributed by atoms with van der Waals surface area (Å²) in [6.45, 7) is 7.02. The summed E-state index contributed by atoms with van der Waals surface area (Å²) in [5.74, 6) is -1.41. The molecule has 0 aromatic rings. The first-order valence-corrected chi connectivity index (χ1v) is 16.8. The zero-order valence-electron chi connectivity index (χ0n) is 27.3. The second kappa shape index (κ2) is 26.7. The number of amides is 1. The molecule has 1 amide bonds. The lowest BCUT2D eigenvalue weighted by Gasteiger charge is -2.23. The third kappa shape index (κ3) is 24.6. The molecule has 0 bridgehead atoms. The van der Waals surface area contributed by atoms with Crippen LogP contribution in [0.1, 0.15) is 156 Å². The second-order valence-electron chi connectivity index (χ2n) is 12.2. The minimum absolute atomic E-state index is 0.180. The summed E-state index contributed by atoms with van der Waals surface area (Å²) in [7, 11) is 0. The van der Waals surface area contributed by atoms with E-state index in [0.29, 0.717) is 6.42 Å². The van der Waals surface area contributed by atoms with Gasteiger partial charge >= 0.3 is 11.9 Å². The van der Waals surface area contributed by atoms with Crippen molar-refractivity contribution in [3.8, 4) is 0 Å². The van der Waals surface area contributed by atoms with Gasteiger partial charge in [-0.1, -0.05) is 116 Å². The number of rotatable bonds is 28. The van der Waals surface area contributed by atoms with E-state index in [1.807, 2.05) is 6.08 Å². The Labute approximate surface area is 256 Å². The highest BCUT2D eigenvalue weighted by Crippen LogP contribution is 2.13. The number of hydrogen-bond acceptors (Lipinski definition) is 7. The van der Waals surface area contributed by atoms with Gasteiger partial charge in [0.2, 0.25) is 5.91 Å². The van der Waals surface area contributed by atoms with Crippen molar-refractivity contribution in [2.24, 2.45) is 0 Å². The Morgan fingerprint density at radius 1 is 0.738 bits per heavy atom. The van der Waals surface area contributed by atoms with Gasteiger partial charge in [0.05, 0.1) is 31.6 Å². The Morgan fingerprint density at radius 2 is 1.24 bits per heavy atom. The number of nitrogens with one attached hydrogen (secondary N) is 1. The van der Waals surface area contributed by atoms with E-state index >= 15 is 0 Å². The maximum Gasteiger partial charge on any atom is 0.306 e. The summed E-state index contributed by atoms with van der Waals surface area (Å²) in [5, 5.41) is 22.8. The quantitative estimate of drug-likeness (QED) is 0.0500. The lowest BCUT2D eigenvalue weighted by atomic mass is 10.0. The van der Waals surface area contributed by atoms with Gasteiger partial charge in [-0.25, -0.2) is 0 Å². The fourth-order valence-electron chi connectivity index (χ4n) is 4.54. The molecule has 0 aromatic carbocycles. The Bertz CT molecular complexity index is 723. The summed E-state index contributed by atoms with van der Waals surface area (Å²) in [6, 6.07) is -0.772. The molecule has 0 aliphatic heterocycles. The van der Waals surface area contributed by atoms with Crippen molar-refractivity contribution in [1.29, 1.82) is 0 Å². The average Bonchev–Trinajstić information content (AvgIpc) is 2.96. The maximum atomic E-state index is 12.5. The largest absolute Gasteiger partial charge is 0.463 e. The number of aliphatic hydroxyl groups excluding tert-OH is 2.